The Morgan fingerprint density at radius 2 is 1.91 bits per heavy atom. The molecular weight excluding hydrogens is 288 g/mol. The molecule has 1 aliphatic carbocycles. The Bertz CT molecular complexity index is 479. The van der Waals surface area contributed by atoms with Gasteiger partial charge >= 0.3 is 5.97 Å². The standard InChI is InChI=1S/C11H20O2.C9H10O/c1-7(2)9-5-4-8(3)6-10(9)11(12)13;10-8-4-7-9-5-2-1-3-6-9/h7-10H,4-6H2,1-3H3,(H,12,13);1-7,10H,8H2. The van der Waals surface area contributed by atoms with Gasteiger partial charge in [-0.2, -0.15) is 0 Å². The zero-order valence-electron chi connectivity index (χ0n) is 14.5. The van der Waals surface area contributed by atoms with Gasteiger partial charge in [0.15, 0.2) is 0 Å². The van der Waals surface area contributed by atoms with E-state index >= 15 is 0 Å². The molecule has 3 heteroatoms. The van der Waals surface area contributed by atoms with E-state index in [0.717, 1.165) is 18.4 Å². The molecule has 0 spiro atoms. The van der Waals surface area contributed by atoms with Crippen LogP contribution in [0.2, 0.25) is 0 Å². The van der Waals surface area contributed by atoms with Gasteiger partial charge in [-0.05, 0) is 36.2 Å². The lowest BCUT2D eigenvalue weighted by molar-refractivity contribution is -0.146. The zero-order chi connectivity index (χ0) is 17.2. The Morgan fingerprint density at radius 1 is 1.26 bits per heavy atom. The molecule has 3 atom stereocenters. The van der Waals surface area contributed by atoms with Crippen LogP contribution in [0.5, 0.6) is 0 Å². The molecule has 0 saturated heterocycles. The molecule has 1 aromatic rings. The number of aliphatic hydroxyl groups excluding tert-OH is 1. The average Bonchev–Trinajstić information content (AvgIpc) is 2.54. The minimum atomic E-state index is -0.592. The van der Waals surface area contributed by atoms with Crippen molar-refractivity contribution in [1.82, 2.24) is 0 Å². The SMILES string of the molecule is CC1CCC(C(C)C)C(C(=O)O)C1.OCC=Cc1ccccc1. The van der Waals surface area contributed by atoms with Crippen LogP contribution in [0.15, 0.2) is 36.4 Å². The van der Waals surface area contributed by atoms with Crippen LogP contribution < -0.4 is 0 Å². The summed E-state index contributed by atoms with van der Waals surface area (Å²) in [6.07, 6.45) is 6.77. The second-order valence-electron chi connectivity index (χ2n) is 6.77. The molecule has 0 aliphatic heterocycles. The van der Waals surface area contributed by atoms with Gasteiger partial charge in [-0.25, -0.2) is 0 Å². The fourth-order valence-electron chi connectivity index (χ4n) is 3.24. The first-order valence-electron chi connectivity index (χ1n) is 8.51. The first-order chi connectivity index (χ1) is 11.0. The van der Waals surface area contributed by atoms with Crippen molar-refractivity contribution in [1.29, 1.82) is 0 Å². The maximum Gasteiger partial charge on any atom is 0.306 e. The maximum atomic E-state index is 11.0. The van der Waals surface area contributed by atoms with E-state index in [9.17, 15) is 4.79 Å². The molecule has 0 radical (unpaired) electrons. The van der Waals surface area contributed by atoms with Crippen LogP contribution in [0.3, 0.4) is 0 Å². The highest BCUT2D eigenvalue weighted by Gasteiger charge is 2.35. The predicted octanol–water partition coefficient (Wildman–Crippen LogP) is 4.47. The molecule has 1 aliphatic rings. The lowest BCUT2D eigenvalue weighted by atomic mass is 9.70. The van der Waals surface area contributed by atoms with Crippen molar-refractivity contribution in [2.24, 2.45) is 23.7 Å². The molecule has 3 unspecified atom stereocenters. The Hall–Kier alpha value is -1.61. The third-order valence-corrected chi connectivity index (χ3v) is 4.55. The highest BCUT2D eigenvalue weighted by molar-refractivity contribution is 5.70. The smallest absolute Gasteiger partial charge is 0.306 e. The number of hydrogen-bond donors (Lipinski definition) is 2. The number of aliphatic carboxylic acids is 1. The summed E-state index contributed by atoms with van der Waals surface area (Å²) in [7, 11) is 0. The van der Waals surface area contributed by atoms with E-state index in [1.165, 1.54) is 6.42 Å². The Kier molecular flexibility index (Phi) is 8.64. The van der Waals surface area contributed by atoms with Gasteiger partial charge < -0.3 is 10.2 Å². The summed E-state index contributed by atoms with van der Waals surface area (Å²) in [6, 6.07) is 9.89. The number of carboxylic acids is 1. The van der Waals surface area contributed by atoms with E-state index in [1.54, 1.807) is 6.08 Å². The third kappa shape index (κ3) is 7.00. The van der Waals surface area contributed by atoms with Gasteiger partial charge in [0, 0.05) is 0 Å². The second kappa shape index (κ2) is 10.2. The summed E-state index contributed by atoms with van der Waals surface area (Å²) < 4.78 is 0. The molecule has 2 rings (SSSR count). The molecule has 3 nitrogen and oxygen atoms in total. The van der Waals surface area contributed by atoms with Gasteiger partial charge in [-0.1, -0.05) is 69.7 Å². The molecule has 1 fully saturated rings. The number of carboxylic acid groups (broad SMARTS) is 1. The molecule has 2 N–H and O–H groups in total. The van der Waals surface area contributed by atoms with Gasteiger partial charge in [-0.3, -0.25) is 4.79 Å². The second-order valence-corrected chi connectivity index (χ2v) is 6.77. The van der Waals surface area contributed by atoms with E-state index in [-0.39, 0.29) is 12.5 Å². The summed E-state index contributed by atoms with van der Waals surface area (Å²) >= 11 is 0. The van der Waals surface area contributed by atoms with Gasteiger partial charge in [0.1, 0.15) is 0 Å². The first-order valence-corrected chi connectivity index (χ1v) is 8.51. The van der Waals surface area contributed by atoms with Crippen molar-refractivity contribution >= 4 is 12.0 Å². The molecule has 0 bridgehead atoms. The molecule has 0 amide bonds. The molecule has 0 aromatic heterocycles. The van der Waals surface area contributed by atoms with Crippen LogP contribution in [0.1, 0.15) is 45.6 Å². The molecule has 0 heterocycles. The number of benzene rings is 1. The van der Waals surface area contributed by atoms with E-state index in [0.29, 0.717) is 17.8 Å². The van der Waals surface area contributed by atoms with Crippen molar-refractivity contribution in [3.8, 4) is 0 Å². The van der Waals surface area contributed by atoms with Crippen LogP contribution in [-0.4, -0.2) is 22.8 Å². The number of hydrogen-bond acceptors (Lipinski definition) is 2. The van der Waals surface area contributed by atoms with Gasteiger partial charge in [0.25, 0.3) is 0 Å². The molecule has 128 valence electrons. The number of rotatable bonds is 4. The van der Waals surface area contributed by atoms with Crippen LogP contribution >= 0.6 is 0 Å². The van der Waals surface area contributed by atoms with E-state index in [4.69, 9.17) is 10.2 Å². The van der Waals surface area contributed by atoms with Gasteiger partial charge in [0.05, 0.1) is 12.5 Å². The van der Waals surface area contributed by atoms with E-state index < -0.39 is 5.97 Å². The van der Waals surface area contributed by atoms with Crippen molar-refractivity contribution in [2.75, 3.05) is 6.61 Å². The van der Waals surface area contributed by atoms with Crippen LogP contribution in [0, 0.1) is 23.7 Å². The lowest BCUT2D eigenvalue weighted by Crippen LogP contribution is -2.33. The van der Waals surface area contributed by atoms with Gasteiger partial charge in [-0.15, -0.1) is 0 Å². The molecule has 1 aromatic carbocycles. The molecular formula is C20H30O3. The predicted molar refractivity (Wildman–Crippen MR) is 95.0 cm³/mol. The summed E-state index contributed by atoms with van der Waals surface area (Å²) in [5, 5.41) is 17.5. The monoisotopic (exact) mass is 318 g/mol. The minimum absolute atomic E-state index is 0.0938. The first kappa shape index (κ1) is 19.4. The van der Waals surface area contributed by atoms with Crippen LogP contribution in [-0.2, 0) is 4.79 Å². The fraction of sp³-hybridized carbons (Fsp3) is 0.550. The fourth-order valence-corrected chi connectivity index (χ4v) is 3.24. The third-order valence-electron chi connectivity index (χ3n) is 4.55. The Labute approximate surface area is 140 Å². The van der Waals surface area contributed by atoms with Crippen molar-refractivity contribution in [2.45, 2.75) is 40.0 Å². The average molecular weight is 318 g/mol. The quantitative estimate of drug-likeness (QED) is 0.861. The van der Waals surface area contributed by atoms with Crippen LogP contribution in [0.25, 0.3) is 6.08 Å². The molecule has 1 saturated carbocycles. The van der Waals surface area contributed by atoms with E-state index in [2.05, 4.69) is 20.8 Å². The molecule has 23 heavy (non-hydrogen) atoms. The van der Waals surface area contributed by atoms with Crippen molar-refractivity contribution < 1.29 is 15.0 Å². The number of carbonyl (C=O) groups is 1. The summed E-state index contributed by atoms with van der Waals surface area (Å²) in [5.74, 6) is 0.812. The summed E-state index contributed by atoms with van der Waals surface area (Å²) in [5.41, 5.74) is 1.12. The Morgan fingerprint density at radius 3 is 2.43 bits per heavy atom. The van der Waals surface area contributed by atoms with Crippen LogP contribution in [0.4, 0.5) is 0 Å². The van der Waals surface area contributed by atoms with Crippen molar-refractivity contribution in [3.05, 3.63) is 42.0 Å². The Balaban J connectivity index is 0.000000238. The normalized spacial score (nSPS) is 24.3. The summed E-state index contributed by atoms with van der Waals surface area (Å²) in [4.78, 5) is 11.0. The topological polar surface area (TPSA) is 57.5 Å². The van der Waals surface area contributed by atoms with Gasteiger partial charge in [0.2, 0.25) is 0 Å². The minimum Gasteiger partial charge on any atom is -0.481 e. The highest BCUT2D eigenvalue weighted by Crippen LogP contribution is 2.37. The number of aliphatic hydroxyl groups is 1. The van der Waals surface area contributed by atoms with E-state index in [1.807, 2.05) is 36.4 Å². The maximum absolute atomic E-state index is 11.0. The highest BCUT2D eigenvalue weighted by atomic mass is 16.4. The summed E-state index contributed by atoms with van der Waals surface area (Å²) in [6.45, 7) is 6.54. The zero-order valence-corrected chi connectivity index (χ0v) is 14.5. The van der Waals surface area contributed by atoms with Crippen molar-refractivity contribution in [3.63, 3.8) is 0 Å². The lowest BCUT2D eigenvalue weighted by Gasteiger charge is -2.34. The largest absolute Gasteiger partial charge is 0.481 e.